The maximum atomic E-state index is 2.45. The summed E-state index contributed by atoms with van der Waals surface area (Å²) >= 11 is 0. The van der Waals surface area contributed by atoms with Crippen molar-refractivity contribution in [1.29, 1.82) is 0 Å². The highest BCUT2D eigenvalue weighted by atomic mass is 14.4. The normalized spacial score (nSPS) is 13.1. The Morgan fingerprint density at radius 3 is 1.38 bits per heavy atom. The summed E-state index contributed by atoms with van der Waals surface area (Å²) in [5.41, 5.74) is 15.4. The lowest BCUT2D eigenvalue weighted by molar-refractivity contribution is 0.661. The molecule has 258 valence electrons. The van der Waals surface area contributed by atoms with E-state index in [0.717, 1.165) is 0 Å². The average molecular weight is 699 g/mol. The molecule has 0 saturated carbocycles. The highest BCUT2D eigenvalue weighted by molar-refractivity contribution is 6.21. The van der Waals surface area contributed by atoms with E-state index >= 15 is 0 Å². The number of benzene rings is 10. The summed E-state index contributed by atoms with van der Waals surface area (Å²) in [6.07, 6.45) is 0. The van der Waals surface area contributed by atoms with Gasteiger partial charge in [-0.15, -0.1) is 0 Å². The van der Waals surface area contributed by atoms with Crippen LogP contribution in [-0.2, 0) is 5.41 Å². The van der Waals surface area contributed by atoms with E-state index < -0.39 is 0 Å². The number of hydrogen-bond acceptors (Lipinski definition) is 0. The van der Waals surface area contributed by atoms with Crippen LogP contribution >= 0.6 is 0 Å². The van der Waals surface area contributed by atoms with Gasteiger partial charge in [0.2, 0.25) is 0 Å². The van der Waals surface area contributed by atoms with Gasteiger partial charge in [-0.2, -0.15) is 0 Å². The van der Waals surface area contributed by atoms with Crippen LogP contribution in [0.15, 0.2) is 194 Å². The molecule has 1 aliphatic rings. The van der Waals surface area contributed by atoms with E-state index in [1.165, 1.54) is 110 Å². The molecule has 0 aliphatic heterocycles. The van der Waals surface area contributed by atoms with Gasteiger partial charge in [0.25, 0.3) is 0 Å². The fourth-order valence-corrected chi connectivity index (χ4v) is 9.53. The van der Waals surface area contributed by atoms with E-state index in [2.05, 4.69) is 208 Å². The van der Waals surface area contributed by atoms with Crippen LogP contribution in [0.4, 0.5) is 0 Å². The van der Waals surface area contributed by atoms with Gasteiger partial charge in [-0.1, -0.05) is 178 Å². The summed E-state index contributed by atoms with van der Waals surface area (Å²) < 4.78 is 0. The first kappa shape index (κ1) is 31.7. The Morgan fingerprint density at radius 2 is 0.727 bits per heavy atom. The van der Waals surface area contributed by atoms with Gasteiger partial charge in [0.05, 0.1) is 0 Å². The van der Waals surface area contributed by atoms with Crippen molar-refractivity contribution in [3.05, 3.63) is 205 Å². The minimum atomic E-state index is -0.0878. The molecule has 0 saturated heterocycles. The fourth-order valence-electron chi connectivity index (χ4n) is 9.53. The van der Waals surface area contributed by atoms with Crippen molar-refractivity contribution in [3.63, 3.8) is 0 Å². The SMILES string of the molecule is CC1(C)c2cc(-c3cccc(-c4c5ccccc5c(-c5cccc(-c6cccc7ccccc67)c5)c5ccccc45)c3)ccc2-c2cc3ccccc3cc21. The number of fused-ring (bicyclic) bond motifs is 7. The molecular formula is C55H38. The molecule has 0 bridgehead atoms. The van der Waals surface area contributed by atoms with Gasteiger partial charge in [-0.3, -0.25) is 0 Å². The molecule has 0 aromatic heterocycles. The molecule has 0 nitrogen and oxygen atoms in total. The molecule has 0 atom stereocenters. The van der Waals surface area contributed by atoms with Crippen LogP contribution in [0.5, 0.6) is 0 Å². The van der Waals surface area contributed by atoms with Crippen LogP contribution in [0, 0.1) is 0 Å². The minimum Gasteiger partial charge on any atom is -0.0616 e. The molecule has 0 radical (unpaired) electrons. The maximum Gasteiger partial charge on any atom is 0.0159 e. The Hall–Kier alpha value is -6.76. The zero-order valence-electron chi connectivity index (χ0n) is 31.0. The lowest BCUT2D eigenvalue weighted by atomic mass is 9.81. The average Bonchev–Trinajstić information content (AvgIpc) is 3.46. The maximum absolute atomic E-state index is 2.45. The smallest absolute Gasteiger partial charge is 0.0159 e. The summed E-state index contributed by atoms with van der Waals surface area (Å²) in [5.74, 6) is 0. The third-order valence-electron chi connectivity index (χ3n) is 12.2. The molecule has 0 heteroatoms. The van der Waals surface area contributed by atoms with Crippen molar-refractivity contribution in [2.45, 2.75) is 19.3 Å². The van der Waals surface area contributed by atoms with Gasteiger partial charge in [-0.25, -0.2) is 0 Å². The Kier molecular flexibility index (Phi) is 7.00. The third kappa shape index (κ3) is 4.92. The highest BCUT2D eigenvalue weighted by Crippen LogP contribution is 2.51. The lowest BCUT2D eigenvalue weighted by Gasteiger charge is -2.22. The summed E-state index contributed by atoms with van der Waals surface area (Å²) in [5, 5.41) is 10.2. The zero-order chi connectivity index (χ0) is 36.7. The summed E-state index contributed by atoms with van der Waals surface area (Å²) in [7, 11) is 0. The monoisotopic (exact) mass is 698 g/mol. The summed E-state index contributed by atoms with van der Waals surface area (Å²) in [6.45, 7) is 4.76. The van der Waals surface area contributed by atoms with Crippen molar-refractivity contribution in [2.75, 3.05) is 0 Å². The predicted octanol–water partition coefficient (Wildman–Crippen LogP) is 15.3. The minimum absolute atomic E-state index is 0.0878. The Bertz CT molecular complexity index is 3110. The standard InChI is InChI=1S/C55H38/c1-55(2)51-34-39(28-29-45(51)50-32-37-15-3-4-16-38(37)33-52(50)55)36-18-11-20-41(30-36)53-46-23-7-9-25-48(46)54(49-26-10-8-24-47(49)53)42-21-12-19-40(31-42)44-27-13-17-35-14-5-6-22-43(35)44/h3-34H,1-2H3. The molecule has 11 rings (SSSR count). The quantitative estimate of drug-likeness (QED) is 0.161. The fraction of sp³-hybridized carbons (Fsp3) is 0.0545. The van der Waals surface area contributed by atoms with Gasteiger partial charge in [-0.05, 0) is 140 Å². The molecule has 0 amide bonds. The molecule has 10 aromatic carbocycles. The van der Waals surface area contributed by atoms with Crippen LogP contribution in [-0.4, -0.2) is 0 Å². The summed E-state index contributed by atoms with van der Waals surface area (Å²) in [6, 6.07) is 72.2. The van der Waals surface area contributed by atoms with Gasteiger partial charge >= 0.3 is 0 Å². The summed E-state index contributed by atoms with van der Waals surface area (Å²) in [4.78, 5) is 0. The van der Waals surface area contributed by atoms with Crippen molar-refractivity contribution in [1.82, 2.24) is 0 Å². The first-order chi connectivity index (χ1) is 27.0. The predicted molar refractivity (Wildman–Crippen MR) is 236 cm³/mol. The van der Waals surface area contributed by atoms with Crippen LogP contribution < -0.4 is 0 Å². The van der Waals surface area contributed by atoms with Gasteiger partial charge in [0.1, 0.15) is 0 Å². The molecule has 0 spiro atoms. The largest absolute Gasteiger partial charge is 0.0616 e. The van der Waals surface area contributed by atoms with Crippen molar-refractivity contribution < 1.29 is 0 Å². The second kappa shape index (κ2) is 12.1. The molecule has 0 unspecified atom stereocenters. The van der Waals surface area contributed by atoms with Crippen molar-refractivity contribution >= 4 is 43.1 Å². The van der Waals surface area contributed by atoms with E-state index in [0.29, 0.717) is 0 Å². The van der Waals surface area contributed by atoms with Crippen LogP contribution in [0.2, 0.25) is 0 Å². The Morgan fingerprint density at radius 1 is 0.273 bits per heavy atom. The van der Waals surface area contributed by atoms with E-state index in [4.69, 9.17) is 0 Å². The second-order valence-corrected chi connectivity index (χ2v) is 15.7. The molecule has 1 aliphatic carbocycles. The zero-order valence-corrected chi connectivity index (χ0v) is 31.0. The van der Waals surface area contributed by atoms with Gasteiger partial charge in [0, 0.05) is 5.41 Å². The number of hydrogen-bond donors (Lipinski definition) is 0. The first-order valence-electron chi connectivity index (χ1n) is 19.3. The van der Waals surface area contributed by atoms with Crippen LogP contribution in [0.3, 0.4) is 0 Å². The van der Waals surface area contributed by atoms with Gasteiger partial charge < -0.3 is 0 Å². The third-order valence-corrected chi connectivity index (χ3v) is 12.2. The molecule has 0 fully saturated rings. The lowest BCUT2D eigenvalue weighted by Crippen LogP contribution is -2.15. The Labute approximate surface area is 322 Å². The number of rotatable bonds is 4. The first-order valence-corrected chi connectivity index (χ1v) is 19.3. The van der Waals surface area contributed by atoms with Crippen LogP contribution in [0.25, 0.3) is 98.7 Å². The van der Waals surface area contributed by atoms with Crippen molar-refractivity contribution in [3.8, 4) is 55.6 Å². The van der Waals surface area contributed by atoms with E-state index in [1.54, 1.807) is 0 Å². The molecule has 10 aromatic rings. The molecule has 0 heterocycles. The topological polar surface area (TPSA) is 0 Å². The van der Waals surface area contributed by atoms with E-state index in [9.17, 15) is 0 Å². The van der Waals surface area contributed by atoms with Crippen molar-refractivity contribution in [2.24, 2.45) is 0 Å². The molecule has 0 N–H and O–H groups in total. The highest BCUT2D eigenvalue weighted by Gasteiger charge is 2.36. The Balaban J connectivity index is 1.06. The van der Waals surface area contributed by atoms with Crippen LogP contribution in [0.1, 0.15) is 25.0 Å². The second-order valence-electron chi connectivity index (χ2n) is 15.7. The van der Waals surface area contributed by atoms with Gasteiger partial charge in [0.15, 0.2) is 0 Å². The molecule has 55 heavy (non-hydrogen) atoms. The van der Waals surface area contributed by atoms with E-state index in [1.807, 2.05) is 0 Å². The van der Waals surface area contributed by atoms with E-state index in [-0.39, 0.29) is 5.41 Å². The molecular weight excluding hydrogens is 661 g/mol.